The van der Waals surface area contributed by atoms with E-state index in [-0.39, 0.29) is 0 Å². The highest BCUT2D eigenvalue weighted by atomic mass is 16.4. The minimum absolute atomic E-state index is 0.470. The number of carboxylic acid groups (broad SMARTS) is 2. The summed E-state index contributed by atoms with van der Waals surface area (Å²) in [5, 5.41) is 19.0. The van der Waals surface area contributed by atoms with Crippen LogP contribution in [0.1, 0.15) is 12.8 Å². The van der Waals surface area contributed by atoms with Gasteiger partial charge >= 0.3 is 0 Å². The molecule has 0 fully saturated rings. The lowest BCUT2D eigenvalue weighted by Crippen LogP contribution is -2.39. The lowest BCUT2D eigenvalue weighted by atomic mass is 10.3. The van der Waals surface area contributed by atoms with Gasteiger partial charge in [0.1, 0.15) is 11.4 Å². The Hall–Kier alpha value is -2.70. The van der Waals surface area contributed by atoms with Crippen LogP contribution < -0.4 is 21.7 Å². The Morgan fingerprint density at radius 2 is 0.955 bits per heavy atom. The van der Waals surface area contributed by atoms with Gasteiger partial charge in [-0.05, 0) is 37.1 Å². The van der Waals surface area contributed by atoms with Crippen LogP contribution in [0.4, 0.5) is 11.4 Å². The van der Waals surface area contributed by atoms with E-state index >= 15 is 0 Å². The molecule has 6 N–H and O–H groups in total. The summed E-state index contributed by atoms with van der Waals surface area (Å²) in [7, 11) is 0. The van der Waals surface area contributed by atoms with Crippen LogP contribution in [-0.4, -0.2) is 11.9 Å². The van der Waals surface area contributed by atoms with Crippen LogP contribution in [0, 0.1) is 0 Å². The van der Waals surface area contributed by atoms with Gasteiger partial charge in [-0.15, -0.1) is 0 Å². The van der Waals surface area contributed by atoms with Gasteiger partial charge in [-0.1, -0.05) is 36.4 Å². The van der Waals surface area contributed by atoms with Gasteiger partial charge in [-0.3, -0.25) is 0 Å². The normalized spacial score (nSPS) is 8.64. The number of benzene rings is 2. The molecule has 0 unspecified atom stereocenters. The van der Waals surface area contributed by atoms with Crippen molar-refractivity contribution in [3.05, 3.63) is 60.7 Å². The topological polar surface area (TPSA) is 136 Å². The first kappa shape index (κ1) is 19.3. The summed E-state index contributed by atoms with van der Waals surface area (Å²) in [6.07, 6.45) is -0.940. The van der Waals surface area contributed by atoms with Gasteiger partial charge in [0.25, 0.3) is 0 Å². The van der Waals surface area contributed by atoms with Crippen molar-refractivity contribution < 1.29 is 31.3 Å². The van der Waals surface area contributed by atoms with Crippen LogP contribution >= 0.6 is 0 Å². The average molecular weight is 304 g/mol. The van der Waals surface area contributed by atoms with E-state index in [0.717, 1.165) is 11.4 Å². The molecule has 2 rings (SSSR count). The molecule has 2 aromatic carbocycles. The highest BCUT2D eigenvalue weighted by Crippen LogP contribution is 1.93. The van der Waals surface area contributed by atoms with Crippen molar-refractivity contribution in [3.8, 4) is 0 Å². The van der Waals surface area contributed by atoms with E-state index in [1.807, 2.05) is 60.7 Å². The van der Waals surface area contributed by atoms with Gasteiger partial charge in [-0.25, -0.2) is 0 Å². The number of carbonyl (C=O) groups excluding carboxylic acids is 2. The molecule has 0 aliphatic heterocycles. The zero-order valence-corrected chi connectivity index (χ0v) is 12.2. The van der Waals surface area contributed by atoms with Crippen LogP contribution in [-0.2, 0) is 9.59 Å². The fraction of sp³-hybridized carbons (Fsp3) is 0.125. The lowest BCUT2D eigenvalue weighted by Gasteiger charge is -2.00. The molecule has 22 heavy (non-hydrogen) atoms. The summed E-state index contributed by atoms with van der Waals surface area (Å²) in [6, 6.07) is 19.7. The molecule has 6 nitrogen and oxygen atoms in total. The van der Waals surface area contributed by atoms with Crippen molar-refractivity contribution in [3.63, 3.8) is 0 Å². The zero-order valence-electron chi connectivity index (χ0n) is 12.2. The monoisotopic (exact) mass is 304 g/mol. The molecular weight excluding hydrogens is 284 g/mol. The molecule has 2 aromatic rings. The SMILES string of the molecule is O=C([O-])CCC(=O)[O-].[NH3+]c1ccccc1.[NH3+]c1ccccc1. The van der Waals surface area contributed by atoms with Gasteiger partial charge < -0.3 is 31.3 Å². The van der Waals surface area contributed by atoms with E-state index in [4.69, 9.17) is 0 Å². The summed E-state index contributed by atoms with van der Waals surface area (Å²) in [6.45, 7) is 0. The van der Waals surface area contributed by atoms with Crippen molar-refractivity contribution in [1.82, 2.24) is 0 Å². The molecule has 0 heterocycles. The predicted octanol–water partition coefficient (Wildman–Crippen LogP) is -1.61. The number of rotatable bonds is 3. The maximum Gasteiger partial charge on any atom is 0.127 e. The first-order valence-corrected chi connectivity index (χ1v) is 6.55. The minimum atomic E-state index is -1.37. The first-order valence-electron chi connectivity index (χ1n) is 6.55. The van der Waals surface area contributed by atoms with E-state index < -0.39 is 24.8 Å². The Bertz CT molecular complexity index is 493. The number of hydrogen-bond acceptors (Lipinski definition) is 4. The second kappa shape index (κ2) is 12.1. The van der Waals surface area contributed by atoms with Crippen molar-refractivity contribution in [2.45, 2.75) is 12.8 Å². The van der Waals surface area contributed by atoms with Crippen LogP contribution in [0.25, 0.3) is 0 Å². The molecule has 0 saturated heterocycles. The summed E-state index contributed by atoms with van der Waals surface area (Å²) in [5.74, 6) is -2.73. The molecule has 0 amide bonds. The first-order chi connectivity index (χ1) is 10.4. The molecule has 0 spiro atoms. The predicted molar refractivity (Wildman–Crippen MR) is 77.2 cm³/mol. The molecule has 0 aromatic heterocycles. The van der Waals surface area contributed by atoms with E-state index in [0.29, 0.717) is 0 Å². The maximum atomic E-state index is 9.50. The van der Waals surface area contributed by atoms with Crippen molar-refractivity contribution in [2.75, 3.05) is 0 Å². The molecule has 0 bridgehead atoms. The highest BCUT2D eigenvalue weighted by molar-refractivity contribution is 5.72. The molecule has 6 heteroatoms. The smallest absolute Gasteiger partial charge is 0.127 e. The van der Waals surface area contributed by atoms with Crippen LogP contribution in [0.15, 0.2) is 60.7 Å². The third-order valence-electron chi connectivity index (χ3n) is 2.22. The van der Waals surface area contributed by atoms with E-state index in [9.17, 15) is 19.8 Å². The van der Waals surface area contributed by atoms with Crippen molar-refractivity contribution in [2.24, 2.45) is 0 Å². The second-order valence-electron chi connectivity index (χ2n) is 4.22. The number of hydrogen-bond donors (Lipinski definition) is 2. The standard InChI is InChI=1S/2C6H7N.C4H6O4/c2*7-6-4-2-1-3-5-6;5-3(6)1-2-4(7)8/h2*1-5H,7H2;1-2H2,(H,5,6)(H,7,8). The molecule has 0 radical (unpaired) electrons. The summed E-state index contributed by atoms with van der Waals surface area (Å²) >= 11 is 0. The highest BCUT2D eigenvalue weighted by Gasteiger charge is 1.85. The van der Waals surface area contributed by atoms with Gasteiger partial charge in [0.15, 0.2) is 0 Å². The number of carbonyl (C=O) groups is 2. The van der Waals surface area contributed by atoms with Crippen molar-refractivity contribution >= 4 is 23.3 Å². The number of carboxylic acids is 2. The maximum absolute atomic E-state index is 9.50. The number of aliphatic carboxylic acids is 2. The van der Waals surface area contributed by atoms with Crippen LogP contribution in [0.3, 0.4) is 0 Å². The molecular formula is C16H20N2O4. The van der Waals surface area contributed by atoms with Crippen LogP contribution in [0.2, 0.25) is 0 Å². The second-order valence-corrected chi connectivity index (χ2v) is 4.22. The van der Waals surface area contributed by atoms with Crippen LogP contribution in [0.5, 0.6) is 0 Å². The van der Waals surface area contributed by atoms with Gasteiger partial charge in [0.05, 0.1) is 0 Å². The fourth-order valence-electron chi connectivity index (χ4n) is 1.16. The quantitative estimate of drug-likeness (QED) is 0.704. The van der Waals surface area contributed by atoms with E-state index in [1.165, 1.54) is 0 Å². The third-order valence-corrected chi connectivity index (χ3v) is 2.22. The summed E-state index contributed by atoms with van der Waals surface area (Å²) in [4.78, 5) is 19.0. The Labute approximate surface area is 129 Å². The third kappa shape index (κ3) is 13.7. The average Bonchev–Trinajstić information content (AvgIpc) is 2.48. The van der Waals surface area contributed by atoms with E-state index in [2.05, 4.69) is 11.5 Å². The summed E-state index contributed by atoms with van der Waals surface area (Å²) < 4.78 is 0. The Morgan fingerprint density at radius 3 is 1.09 bits per heavy atom. The molecule has 0 aliphatic rings. The minimum Gasteiger partial charge on any atom is -0.550 e. The molecule has 0 aliphatic carbocycles. The van der Waals surface area contributed by atoms with Gasteiger partial charge in [0.2, 0.25) is 0 Å². The lowest BCUT2D eigenvalue weighted by molar-refractivity contribution is -0.315. The van der Waals surface area contributed by atoms with Gasteiger partial charge in [-0.2, -0.15) is 0 Å². The molecule has 0 atom stereocenters. The Morgan fingerprint density at radius 1 is 0.682 bits per heavy atom. The Kier molecular flexibility index (Phi) is 10.6. The fourth-order valence-corrected chi connectivity index (χ4v) is 1.16. The zero-order chi connectivity index (χ0) is 16.8. The van der Waals surface area contributed by atoms with Gasteiger partial charge in [0, 0.05) is 11.9 Å². The molecule has 118 valence electrons. The van der Waals surface area contributed by atoms with Crippen molar-refractivity contribution in [1.29, 1.82) is 0 Å². The number of quaternary nitrogens is 2. The largest absolute Gasteiger partial charge is 0.550 e. The summed E-state index contributed by atoms with van der Waals surface area (Å²) in [5.41, 5.74) is 9.58. The van der Waals surface area contributed by atoms with E-state index in [1.54, 1.807) is 0 Å². The molecule has 0 saturated carbocycles. The Balaban J connectivity index is 0.000000301.